The van der Waals surface area contributed by atoms with Crippen LogP contribution in [0.5, 0.6) is 0 Å². The van der Waals surface area contributed by atoms with Crippen LogP contribution in [0.25, 0.3) is 11.3 Å². The zero-order valence-corrected chi connectivity index (χ0v) is 16.8. The SMILES string of the molecule is CCc1ccnc(Nc2cccc(-c3cnc(N4CCNC(=O)C4(C)C)o3)c2)n1. The topological polar surface area (TPSA) is 96.2 Å². The Morgan fingerprint density at radius 1 is 1.28 bits per heavy atom. The van der Waals surface area contributed by atoms with E-state index < -0.39 is 5.54 Å². The summed E-state index contributed by atoms with van der Waals surface area (Å²) in [5, 5.41) is 6.11. The number of rotatable bonds is 5. The molecule has 1 saturated heterocycles. The van der Waals surface area contributed by atoms with Crippen molar-refractivity contribution in [1.29, 1.82) is 0 Å². The quantitative estimate of drug-likeness (QED) is 0.688. The molecule has 0 radical (unpaired) electrons. The number of benzene rings is 1. The molecule has 0 saturated carbocycles. The summed E-state index contributed by atoms with van der Waals surface area (Å²) in [6.07, 6.45) is 4.28. The summed E-state index contributed by atoms with van der Waals surface area (Å²) in [7, 11) is 0. The van der Waals surface area contributed by atoms with Crippen LogP contribution >= 0.6 is 0 Å². The summed E-state index contributed by atoms with van der Waals surface area (Å²) in [6, 6.07) is 10.1. The molecular weight excluding hydrogens is 368 g/mol. The first kappa shape index (κ1) is 18.9. The lowest BCUT2D eigenvalue weighted by Crippen LogP contribution is -2.62. The van der Waals surface area contributed by atoms with Crippen LogP contribution in [0.15, 0.2) is 47.1 Å². The standard InChI is InChI=1S/C21H24N6O2/c1-4-15-8-9-23-19(25-15)26-16-7-5-6-14(12-16)17-13-24-20(29-17)27-11-10-22-18(28)21(27,2)3/h5-9,12-13H,4,10-11H2,1-3H3,(H,22,28)(H,23,25,26). The summed E-state index contributed by atoms with van der Waals surface area (Å²) in [5.74, 6) is 1.15. The highest BCUT2D eigenvalue weighted by molar-refractivity contribution is 5.89. The number of hydrogen-bond donors (Lipinski definition) is 2. The lowest BCUT2D eigenvalue weighted by Gasteiger charge is -2.40. The maximum Gasteiger partial charge on any atom is 0.298 e. The lowest BCUT2D eigenvalue weighted by atomic mass is 10.00. The number of aromatic nitrogens is 3. The molecule has 8 nitrogen and oxygen atoms in total. The van der Waals surface area contributed by atoms with E-state index in [2.05, 4.69) is 32.5 Å². The van der Waals surface area contributed by atoms with Gasteiger partial charge in [-0.2, -0.15) is 0 Å². The first-order valence-electron chi connectivity index (χ1n) is 9.68. The zero-order chi connectivity index (χ0) is 20.4. The number of nitrogens with one attached hydrogen (secondary N) is 2. The number of amides is 1. The average Bonchev–Trinajstić information content (AvgIpc) is 3.20. The number of aryl methyl sites for hydroxylation is 1. The first-order valence-corrected chi connectivity index (χ1v) is 9.68. The van der Waals surface area contributed by atoms with Gasteiger partial charge in [0.05, 0.1) is 6.20 Å². The van der Waals surface area contributed by atoms with Crippen molar-refractivity contribution in [1.82, 2.24) is 20.3 Å². The van der Waals surface area contributed by atoms with Gasteiger partial charge in [0.1, 0.15) is 5.54 Å². The summed E-state index contributed by atoms with van der Waals surface area (Å²) in [5.41, 5.74) is 1.99. The predicted molar refractivity (Wildman–Crippen MR) is 111 cm³/mol. The van der Waals surface area contributed by atoms with Gasteiger partial charge >= 0.3 is 0 Å². The van der Waals surface area contributed by atoms with Gasteiger partial charge in [0.2, 0.25) is 11.9 Å². The monoisotopic (exact) mass is 392 g/mol. The normalized spacial score (nSPS) is 15.8. The minimum Gasteiger partial charge on any atom is -0.423 e. The zero-order valence-electron chi connectivity index (χ0n) is 16.8. The Labute approximate surface area is 169 Å². The molecule has 0 unspecified atom stereocenters. The van der Waals surface area contributed by atoms with E-state index in [-0.39, 0.29) is 5.91 Å². The molecule has 1 fully saturated rings. The van der Waals surface area contributed by atoms with Crippen molar-refractivity contribution in [3.8, 4) is 11.3 Å². The fourth-order valence-electron chi connectivity index (χ4n) is 3.29. The molecule has 1 aliphatic heterocycles. The second kappa shape index (κ2) is 7.54. The number of oxazole rings is 1. The van der Waals surface area contributed by atoms with Gasteiger partial charge in [-0.1, -0.05) is 19.1 Å². The summed E-state index contributed by atoms with van der Waals surface area (Å²) in [6.45, 7) is 6.99. The van der Waals surface area contributed by atoms with Gasteiger partial charge < -0.3 is 20.0 Å². The Morgan fingerprint density at radius 2 is 2.14 bits per heavy atom. The van der Waals surface area contributed by atoms with Crippen molar-refractivity contribution in [3.63, 3.8) is 0 Å². The molecular formula is C21H24N6O2. The van der Waals surface area contributed by atoms with Gasteiger partial charge in [0.15, 0.2) is 5.76 Å². The van der Waals surface area contributed by atoms with E-state index in [9.17, 15) is 4.79 Å². The van der Waals surface area contributed by atoms with Crippen molar-refractivity contribution in [2.24, 2.45) is 0 Å². The molecule has 8 heteroatoms. The Balaban J connectivity index is 1.57. The van der Waals surface area contributed by atoms with Crippen molar-refractivity contribution in [3.05, 3.63) is 48.4 Å². The molecule has 0 atom stereocenters. The smallest absolute Gasteiger partial charge is 0.298 e. The number of nitrogens with zero attached hydrogens (tertiary/aromatic N) is 4. The number of piperazine rings is 1. The number of carbonyl (C=O) groups is 1. The van der Waals surface area contributed by atoms with E-state index in [1.165, 1.54) is 0 Å². The molecule has 0 spiro atoms. The highest BCUT2D eigenvalue weighted by atomic mass is 16.4. The highest BCUT2D eigenvalue weighted by Gasteiger charge is 2.40. The van der Waals surface area contributed by atoms with Crippen LogP contribution in [-0.2, 0) is 11.2 Å². The highest BCUT2D eigenvalue weighted by Crippen LogP contribution is 2.31. The molecule has 3 heterocycles. The molecule has 29 heavy (non-hydrogen) atoms. The molecule has 3 aromatic rings. The van der Waals surface area contributed by atoms with Crippen LogP contribution in [0, 0.1) is 0 Å². The largest absolute Gasteiger partial charge is 0.423 e. The minimum atomic E-state index is -0.717. The molecule has 1 aromatic carbocycles. The number of hydrogen-bond acceptors (Lipinski definition) is 7. The fourth-order valence-corrected chi connectivity index (χ4v) is 3.29. The lowest BCUT2D eigenvalue weighted by molar-refractivity contribution is -0.126. The molecule has 4 rings (SSSR count). The minimum absolute atomic E-state index is 0.0380. The maximum atomic E-state index is 12.2. The average molecular weight is 392 g/mol. The molecule has 150 valence electrons. The second-order valence-corrected chi connectivity index (χ2v) is 7.40. The Kier molecular flexibility index (Phi) is 4.92. The van der Waals surface area contributed by atoms with E-state index in [1.54, 1.807) is 12.4 Å². The van der Waals surface area contributed by atoms with Gasteiger partial charge in [-0.25, -0.2) is 15.0 Å². The summed E-state index contributed by atoms with van der Waals surface area (Å²) in [4.78, 5) is 27.3. The maximum absolute atomic E-state index is 12.2. The van der Waals surface area contributed by atoms with Gasteiger partial charge in [-0.05, 0) is 38.5 Å². The Morgan fingerprint density at radius 3 is 2.97 bits per heavy atom. The van der Waals surface area contributed by atoms with Gasteiger partial charge in [-0.3, -0.25) is 4.79 Å². The van der Waals surface area contributed by atoms with E-state index in [1.807, 2.05) is 49.1 Å². The van der Waals surface area contributed by atoms with Gasteiger partial charge in [0.25, 0.3) is 6.01 Å². The van der Waals surface area contributed by atoms with Crippen LogP contribution in [0.2, 0.25) is 0 Å². The molecule has 1 aliphatic rings. The Bertz CT molecular complexity index is 1030. The number of anilines is 3. The third-order valence-corrected chi connectivity index (χ3v) is 5.05. The third kappa shape index (κ3) is 3.78. The van der Waals surface area contributed by atoms with Crippen molar-refractivity contribution in [2.75, 3.05) is 23.3 Å². The third-order valence-electron chi connectivity index (χ3n) is 5.05. The van der Waals surface area contributed by atoms with E-state index in [4.69, 9.17) is 4.42 Å². The fraction of sp³-hybridized carbons (Fsp3) is 0.333. The van der Waals surface area contributed by atoms with Crippen molar-refractivity contribution in [2.45, 2.75) is 32.7 Å². The van der Waals surface area contributed by atoms with Crippen LogP contribution in [-0.4, -0.2) is 39.5 Å². The van der Waals surface area contributed by atoms with E-state index >= 15 is 0 Å². The van der Waals surface area contributed by atoms with Gasteiger partial charge in [0, 0.05) is 36.2 Å². The second-order valence-electron chi connectivity index (χ2n) is 7.40. The van der Waals surface area contributed by atoms with Crippen LogP contribution < -0.4 is 15.5 Å². The van der Waals surface area contributed by atoms with Crippen LogP contribution in [0.4, 0.5) is 17.7 Å². The van der Waals surface area contributed by atoms with Crippen molar-refractivity contribution < 1.29 is 9.21 Å². The van der Waals surface area contributed by atoms with Crippen molar-refractivity contribution >= 4 is 23.6 Å². The molecule has 0 bridgehead atoms. The molecule has 2 aromatic heterocycles. The molecule has 1 amide bonds. The Hall–Kier alpha value is -3.42. The molecule has 0 aliphatic carbocycles. The summed E-state index contributed by atoms with van der Waals surface area (Å²) >= 11 is 0. The van der Waals surface area contributed by atoms with Crippen LogP contribution in [0.3, 0.4) is 0 Å². The van der Waals surface area contributed by atoms with Crippen LogP contribution in [0.1, 0.15) is 26.5 Å². The molecule has 2 N–H and O–H groups in total. The first-order chi connectivity index (χ1) is 14.0. The van der Waals surface area contributed by atoms with Gasteiger partial charge in [-0.15, -0.1) is 0 Å². The van der Waals surface area contributed by atoms with E-state index in [0.717, 1.165) is 23.4 Å². The number of carbonyl (C=O) groups excluding carboxylic acids is 1. The predicted octanol–water partition coefficient (Wildman–Crippen LogP) is 3.15. The van der Waals surface area contributed by atoms with E-state index in [0.29, 0.717) is 30.8 Å². The summed E-state index contributed by atoms with van der Waals surface area (Å²) < 4.78 is 6.01.